The number of fused-ring (bicyclic) bond motifs is 1. The predicted octanol–water partition coefficient (Wildman–Crippen LogP) is 2.67. The summed E-state index contributed by atoms with van der Waals surface area (Å²) < 4.78 is 31.5. The van der Waals surface area contributed by atoms with E-state index < -0.39 is 10.0 Å². The summed E-state index contributed by atoms with van der Waals surface area (Å²) in [4.78, 5) is 14.6. The molecule has 1 aliphatic rings. The molecule has 7 heteroatoms. The standard InChI is InChI=1S/C19H22N2O4S/c1-25-12-13-26(23,24)20-17-9-10-18-16(14-17)8-5-11-21(18)19(22)15-6-3-2-4-7-15/h2-4,6-7,9-10,14,20H,5,8,11-13H2,1H3. The number of benzene rings is 2. The molecule has 1 heterocycles. The summed E-state index contributed by atoms with van der Waals surface area (Å²) in [6, 6.07) is 14.5. The first-order chi connectivity index (χ1) is 12.5. The average molecular weight is 374 g/mol. The number of methoxy groups -OCH3 is 1. The highest BCUT2D eigenvalue weighted by molar-refractivity contribution is 7.92. The first-order valence-electron chi connectivity index (χ1n) is 8.49. The van der Waals surface area contributed by atoms with Crippen molar-refractivity contribution in [3.05, 3.63) is 59.7 Å². The number of nitrogens with one attached hydrogen (secondary N) is 1. The monoisotopic (exact) mass is 374 g/mol. The van der Waals surface area contributed by atoms with E-state index in [9.17, 15) is 13.2 Å². The lowest BCUT2D eigenvalue weighted by Gasteiger charge is -2.30. The molecule has 1 N–H and O–H groups in total. The molecule has 0 radical (unpaired) electrons. The van der Waals surface area contributed by atoms with Crippen molar-refractivity contribution < 1.29 is 17.9 Å². The Bertz CT molecular complexity index is 882. The van der Waals surface area contributed by atoms with Gasteiger partial charge in [0.2, 0.25) is 10.0 Å². The van der Waals surface area contributed by atoms with E-state index in [0.717, 1.165) is 24.1 Å². The van der Waals surface area contributed by atoms with E-state index in [4.69, 9.17) is 4.74 Å². The van der Waals surface area contributed by atoms with E-state index in [1.807, 2.05) is 30.3 Å². The first kappa shape index (κ1) is 18.4. The molecular formula is C19H22N2O4S. The van der Waals surface area contributed by atoms with E-state index in [1.165, 1.54) is 7.11 Å². The highest BCUT2D eigenvalue weighted by atomic mass is 32.2. The van der Waals surface area contributed by atoms with Crippen molar-refractivity contribution in [1.82, 2.24) is 0 Å². The third-order valence-corrected chi connectivity index (χ3v) is 5.54. The van der Waals surface area contributed by atoms with Gasteiger partial charge in [-0.15, -0.1) is 0 Å². The van der Waals surface area contributed by atoms with E-state index in [2.05, 4.69) is 4.72 Å². The summed E-state index contributed by atoms with van der Waals surface area (Å²) in [6.07, 6.45) is 1.65. The van der Waals surface area contributed by atoms with Gasteiger partial charge in [-0.25, -0.2) is 8.42 Å². The van der Waals surface area contributed by atoms with Crippen molar-refractivity contribution in [3.63, 3.8) is 0 Å². The molecule has 0 fully saturated rings. The van der Waals surface area contributed by atoms with Crippen molar-refractivity contribution in [2.75, 3.05) is 35.6 Å². The Morgan fingerprint density at radius 3 is 2.69 bits per heavy atom. The van der Waals surface area contributed by atoms with Gasteiger partial charge in [0, 0.05) is 30.6 Å². The quantitative estimate of drug-likeness (QED) is 0.843. The van der Waals surface area contributed by atoms with E-state index in [-0.39, 0.29) is 18.3 Å². The van der Waals surface area contributed by atoms with Crippen LogP contribution in [0.1, 0.15) is 22.3 Å². The number of hydrogen-bond donors (Lipinski definition) is 1. The molecule has 0 saturated carbocycles. The van der Waals surface area contributed by atoms with Gasteiger partial charge in [-0.05, 0) is 48.7 Å². The van der Waals surface area contributed by atoms with Crippen LogP contribution in [0.5, 0.6) is 0 Å². The molecule has 0 atom stereocenters. The smallest absolute Gasteiger partial charge is 0.258 e. The van der Waals surface area contributed by atoms with Crippen LogP contribution in [0.25, 0.3) is 0 Å². The third kappa shape index (κ3) is 4.23. The Labute approximate surface area is 153 Å². The number of sulfonamides is 1. The predicted molar refractivity (Wildman–Crippen MR) is 102 cm³/mol. The highest BCUT2D eigenvalue weighted by Crippen LogP contribution is 2.31. The number of carbonyl (C=O) groups is 1. The summed E-state index contributed by atoms with van der Waals surface area (Å²) in [5, 5.41) is 0. The summed E-state index contributed by atoms with van der Waals surface area (Å²) in [6.45, 7) is 0.791. The van der Waals surface area contributed by atoms with Gasteiger partial charge in [0.1, 0.15) is 0 Å². The van der Waals surface area contributed by atoms with Gasteiger partial charge < -0.3 is 9.64 Å². The van der Waals surface area contributed by atoms with Crippen LogP contribution in [0.4, 0.5) is 11.4 Å². The maximum atomic E-state index is 12.8. The maximum absolute atomic E-state index is 12.8. The van der Waals surface area contributed by atoms with E-state index >= 15 is 0 Å². The second-order valence-electron chi connectivity index (χ2n) is 6.18. The molecule has 138 valence electrons. The number of amides is 1. The lowest BCUT2D eigenvalue weighted by molar-refractivity contribution is 0.0985. The van der Waals surface area contributed by atoms with Gasteiger partial charge in [0.05, 0.1) is 12.4 Å². The number of carbonyl (C=O) groups excluding carboxylic acids is 1. The molecule has 2 aromatic carbocycles. The summed E-state index contributed by atoms with van der Waals surface area (Å²) in [5.74, 6) is -0.140. The minimum absolute atomic E-state index is 0.0417. The van der Waals surface area contributed by atoms with Crippen LogP contribution >= 0.6 is 0 Å². The zero-order valence-electron chi connectivity index (χ0n) is 14.6. The fourth-order valence-corrected chi connectivity index (χ4v) is 4.01. The van der Waals surface area contributed by atoms with Crippen molar-refractivity contribution in [2.24, 2.45) is 0 Å². The molecule has 0 aliphatic carbocycles. The Kier molecular flexibility index (Phi) is 5.58. The van der Waals surface area contributed by atoms with Crippen molar-refractivity contribution in [3.8, 4) is 0 Å². The second kappa shape index (κ2) is 7.88. The molecule has 6 nitrogen and oxygen atoms in total. The molecule has 1 aliphatic heterocycles. The van der Waals surface area contributed by atoms with Crippen molar-refractivity contribution in [1.29, 1.82) is 0 Å². The molecule has 0 saturated heterocycles. The van der Waals surface area contributed by atoms with Gasteiger partial charge in [-0.1, -0.05) is 18.2 Å². The largest absolute Gasteiger partial charge is 0.384 e. The molecule has 26 heavy (non-hydrogen) atoms. The minimum Gasteiger partial charge on any atom is -0.384 e. The van der Waals surface area contributed by atoms with Gasteiger partial charge in [0.25, 0.3) is 5.91 Å². The lowest BCUT2D eigenvalue weighted by Crippen LogP contribution is -2.35. The maximum Gasteiger partial charge on any atom is 0.258 e. The minimum atomic E-state index is -3.45. The fraction of sp³-hybridized carbons (Fsp3) is 0.316. The molecule has 2 aromatic rings. The molecule has 0 spiro atoms. The Morgan fingerprint density at radius 2 is 1.96 bits per heavy atom. The Morgan fingerprint density at radius 1 is 1.19 bits per heavy atom. The van der Waals surface area contributed by atoms with E-state index in [1.54, 1.807) is 23.1 Å². The van der Waals surface area contributed by atoms with Crippen LogP contribution in [0.2, 0.25) is 0 Å². The van der Waals surface area contributed by atoms with Crippen LogP contribution < -0.4 is 9.62 Å². The summed E-state index contributed by atoms with van der Waals surface area (Å²) in [5.41, 5.74) is 2.95. The van der Waals surface area contributed by atoms with Crippen LogP contribution in [-0.4, -0.2) is 40.3 Å². The number of anilines is 2. The number of rotatable bonds is 6. The summed E-state index contributed by atoms with van der Waals surface area (Å²) in [7, 11) is -1.99. The molecule has 1 amide bonds. The molecule has 0 aromatic heterocycles. The Hall–Kier alpha value is -2.38. The molecular weight excluding hydrogens is 352 g/mol. The zero-order valence-corrected chi connectivity index (χ0v) is 15.5. The summed E-state index contributed by atoms with van der Waals surface area (Å²) >= 11 is 0. The molecule has 3 rings (SSSR count). The van der Waals surface area contributed by atoms with Gasteiger partial charge in [0.15, 0.2) is 0 Å². The normalized spacial score (nSPS) is 14.0. The van der Waals surface area contributed by atoms with Gasteiger partial charge in [-0.3, -0.25) is 9.52 Å². The lowest BCUT2D eigenvalue weighted by atomic mass is 10.00. The number of aryl methyl sites for hydroxylation is 1. The molecule has 0 unspecified atom stereocenters. The van der Waals surface area contributed by atoms with Crippen LogP contribution in [0.15, 0.2) is 48.5 Å². The fourth-order valence-electron chi connectivity index (χ4n) is 3.03. The number of ether oxygens (including phenoxy) is 1. The molecule has 0 bridgehead atoms. The average Bonchev–Trinajstić information content (AvgIpc) is 2.65. The first-order valence-corrected chi connectivity index (χ1v) is 10.1. The van der Waals surface area contributed by atoms with Crippen LogP contribution in [-0.2, 0) is 21.2 Å². The van der Waals surface area contributed by atoms with E-state index in [0.29, 0.717) is 17.8 Å². The second-order valence-corrected chi connectivity index (χ2v) is 8.03. The van der Waals surface area contributed by atoms with Crippen LogP contribution in [0, 0.1) is 0 Å². The number of hydrogen-bond acceptors (Lipinski definition) is 4. The number of nitrogens with zero attached hydrogens (tertiary/aromatic N) is 1. The SMILES string of the molecule is COCCS(=O)(=O)Nc1ccc2c(c1)CCCN2C(=O)c1ccccc1. The van der Waals surface area contributed by atoms with Gasteiger partial charge >= 0.3 is 0 Å². The van der Waals surface area contributed by atoms with Crippen molar-refractivity contribution >= 4 is 27.3 Å². The Balaban J connectivity index is 1.82. The highest BCUT2D eigenvalue weighted by Gasteiger charge is 2.24. The third-order valence-electron chi connectivity index (χ3n) is 4.29. The topological polar surface area (TPSA) is 75.7 Å². The van der Waals surface area contributed by atoms with Gasteiger partial charge in [-0.2, -0.15) is 0 Å². The van der Waals surface area contributed by atoms with Crippen LogP contribution in [0.3, 0.4) is 0 Å². The van der Waals surface area contributed by atoms with Crippen molar-refractivity contribution in [2.45, 2.75) is 12.8 Å². The zero-order chi connectivity index (χ0) is 18.6.